The molecule has 0 bridgehead atoms. The van der Waals surface area contributed by atoms with Gasteiger partial charge in [0.25, 0.3) is 0 Å². The normalized spacial score (nSPS) is 41.2. The molecule has 98 valence electrons. The lowest BCUT2D eigenvalue weighted by molar-refractivity contribution is 0.0830. The summed E-state index contributed by atoms with van der Waals surface area (Å²) in [5.74, 6) is 1.33. The summed E-state index contributed by atoms with van der Waals surface area (Å²) >= 11 is 0. The molecular weight excluding hydrogens is 212 g/mol. The fourth-order valence-corrected chi connectivity index (χ4v) is 2.81. The molecule has 1 N–H and O–H groups in total. The molecule has 0 spiro atoms. The van der Waals surface area contributed by atoms with Crippen molar-refractivity contribution in [1.29, 1.82) is 0 Å². The molecular formula is C15H26O2. The van der Waals surface area contributed by atoms with Crippen LogP contribution in [0.25, 0.3) is 0 Å². The quantitative estimate of drug-likeness (QED) is 0.602. The second-order valence-electron chi connectivity index (χ2n) is 6.68. The van der Waals surface area contributed by atoms with Gasteiger partial charge in [0, 0.05) is 0 Å². The van der Waals surface area contributed by atoms with Crippen molar-refractivity contribution >= 4 is 0 Å². The molecule has 1 heterocycles. The van der Waals surface area contributed by atoms with Crippen molar-refractivity contribution in [2.45, 2.75) is 70.7 Å². The Kier molecular flexibility index (Phi) is 3.39. The third-order valence-electron chi connectivity index (χ3n) is 4.47. The average molecular weight is 238 g/mol. The zero-order valence-corrected chi connectivity index (χ0v) is 11.6. The van der Waals surface area contributed by atoms with E-state index in [0.717, 1.165) is 12.8 Å². The highest BCUT2D eigenvalue weighted by Crippen LogP contribution is 2.40. The van der Waals surface area contributed by atoms with Crippen LogP contribution < -0.4 is 0 Å². The Morgan fingerprint density at radius 1 is 1.41 bits per heavy atom. The summed E-state index contributed by atoms with van der Waals surface area (Å²) in [5, 5.41) is 9.86. The maximum Gasteiger partial charge on any atom is 0.0892 e. The van der Waals surface area contributed by atoms with Crippen LogP contribution in [-0.2, 0) is 4.74 Å². The third-order valence-corrected chi connectivity index (χ3v) is 4.47. The Morgan fingerprint density at radius 2 is 2.06 bits per heavy atom. The summed E-state index contributed by atoms with van der Waals surface area (Å²) in [6.07, 6.45) is 9.08. The zero-order valence-electron chi connectivity index (χ0n) is 11.6. The first-order valence-corrected chi connectivity index (χ1v) is 6.90. The maximum absolute atomic E-state index is 9.86. The number of hydrogen-bond acceptors (Lipinski definition) is 2. The minimum atomic E-state index is -0.572. The van der Waals surface area contributed by atoms with Crippen LogP contribution in [0.2, 0.25) is 0 Å². The Bertz CT molecular complexity index is 304. The molecule has 1 aliphatic heterocycles. The summed E-state index contributed by atoms with van der Waals surface area (Å²) in [6.45, 7) is 8.55. The lowest BCUT2D eigenvalue weighted by atomic mass is 9.78. The highest BCUT2D eigenvalue weighted by atomic mass is 16.6. The highest BCUT2D eigenvalue weighted by Gasteiger charge is 2.47. The molecule has 0 radical (unpaired) electrons. The fourth-order valence-electron chi connectivity index (χ4n) is 2.81. The second-order valence-corrected chi connectivity index (χ2v) is 6.68. The molecule has 17 heavy (non-hydrogen) atoms. The van der Waals surface area contributed by atoms with Gasteiger partial charge in [0.05, 0.1) is 17.3 Å². The SMILES string of the molecule is C[C@H](CC[C@H]1OC1(C)C)[C@@H]1C=C[C@](C)(O)CC1. The van der Waals surface area contributed by atoms with Crippen LogP contribution in [0.1, 0.15) is 53.4 Å². The second kappa shape index (κ2) is 4.40. The van der Waals surface area contributed by atoms with Gasteiger partial charge in [-0.05, 0) is 58.3 Å². The van der Waals surface area contributed by atoms with Crippen LogP contribution in [0.5, 0.6) is 0 Å². The Morgan fingerprint density at radius 3 is 2.53 bits per heavy atom. The van der Waals surface area contributed by atoms with E-state index >= 15 is 0 Å². The first-order chi connectivity index (χ1) is 7.80. The number of aliphatic hydroxyl groups is 1. The molecule has 2 rings (SSSR count). The maximum atomic E-state index is 9.86. The lowest BCUT2D eigenvalue weighted by Crippen LogP contribution is -2.27. The Balaban J connectivity index is 1.76. The van der Waals surface area contributed by atoms with Crippen molar-refractivity contribution in [3.8, 4) is 0 Å². The number of hydrogen-bond donors (Lipinski definition) is 1. The van der Waals surface area contributed by atoms with E-state index in [1.54, 1.807) is 0 Å². The zero-order chi connectivity index (χ0) is 12.7. The van der Waals surface area contributed by atoms with E-state index in [-0.39, 0.29) is 5.60 Å². The summed E-state index contributed by atoms with van der Waals surface area (Å²) < 4.78 is 5.62. The van der Waals surface area contributed by atoms with Gasteiger partial charge in [-0.1, -0.05) is 19.1 Å². The smallest absolute Gasteiger partial charge is 0.0892 e. The van der Waals surface area contributed by atoms with Crippen molar-refractivity contribution in [3.63, 3.8) is 0 Å². The van der Waals surface area contributed by atoms with Crippen molar-refractivity contribution in [3.05, 3.63) is 12.2 Å². The van der Waals surface area contributed by atoms with Crippen LogP contribution >= 0.6 is 0 Å². The van der Waals surface area contributed by atoms with Gasteiger partial charge < -0.3 is 9.84 Å². The minimum absolute atomic E-state index is 0.131. The van der Waals surface area contributed by atoms with E-state index < -0.39 is 5.60 Å². The molecule has 2 aliphatic rings. The van der Waals surface area contributed by atoms with Crippen molar-refractivity contribution in [1.82, 2.24) is 0 Å². The van der Waals surface area contributed by atoms with Crippen LogP contribution in [0.3, 0.4) is 0 Å². The summed E-state index contributed by atoms with van der Waals surface area (Å²) in [7, 11) is 0. The first-order valence-electron chi connectivity index (χ1n) is 6.90. The number of ether oxygens (including phenoxy) is 1. The van der Waals surface area contributed by atoms with Crippen molar-refractivity contribution < 1.29 is 9.84 Å². The molecule has 4 atom stereocenters. The Hall–Kier alpha value is -0.340. The molecule has 1 aliphatic carbocycles. The topological polar surface area (TPSA) is 32.8 Å². The number of allylic oxidation sites excluding steroid dienone is 1. The van der Waals surface area contributed by atoms with Gasteiger partial charge in [-0.2, -0.15) is 0 Å². The van der Waals surface area contributed by atoms with Crippen LogP contribution in [-0.4, -0.2) is 22.4 Å². The van der Waals surface area contributed by atoms with E-state index in [9.17, 15) is 5.11 Å². The van der Waals surface area contributed by atoms with E-state index in [1.165, 1.54) is 12.8 Å². The van der Waals surface area contributed by atoms with Gasteiger partial charge in [0.2, 0.25) is 0 Å². The molecule has 0 aromatic carbocycles. The highest BCUT2D eigenvalue weighted by molar-refractivity contribution is 5.06. The molecule has 2 nitrogen and oxygen atoms in total. The van der Waals surface area contributed by atoms with Gasteiger partial charge in [-0.15, -0.1) is 0 Å². The van der Waals surface area contributed by atoms with Crippen molar-refractivity contribution in [2.24, 2.45) is 11.8 Å². The molecule has 0 saturated carbocycles. The van der Waals surface area contributed by atoms with Crippen molar-refractivity contribution in [2.75, 3.05) is 0 Å². The fraction of sp³-hybridized carbons (Fsp3) is 0.867. The van der Waals surface area contributed by atoms with Gasteiger partial charge >= 0.3 is 0 Å². The molecule has 1 saturated heterocycles. The predicted octanol–water partition coefficient (Wildman–Crippen LogP) is 3.30. The summed E-state index contributed by atoms with van der Waals surface area (Å²) in [5.41, 5.74) is -0.441. The third kappa shape index (κ3) is 3.32. The molecule has 0 amide bonds. The molecule has 2 heteroatoms. The number of epoxide rings is 1. The average Bonchev–Trinajstić information content (AvgIpc) is 2.83. The van der Waals surface area contributed by atoms with Gasteiger partial charge in [0.15, 0.2) is 0 Å². The van der Waals surface area contributed by atoms with E-state index in [2.05, 4.69) is 26.8 Å². The lowest BCUT2D eigenvalue weighted by Gasteiger charge is -2.30. The molecule has 1 fully saturated rings. The molecule has 0 aromatic rings. The minimum Gasteiger partial charge on any atom is -0.386 e. The van der Waals surface area contributed by atoms with Crippen LogP contribution in [0, 0.1) is 11.8 Å². The van der Waals surface area contributed by atoms with Gasteiger partial charge in [-0.25, -0.2) is 0 Å². The van der Waals surface area contributed by atoms with Crippen LogP contribution in [0.4, 0.5) is 0 Å². The Labute approximate surface area is 105 Å². The number of rotatable bonds is 4. The molecule has 0 unspecified atom stereocenters. The van der Waals surface area contributed by atoms with E-state index in [4.69, 9.17) is 4.74 Å². The molecule has 0 aromatic heterocycles. The standard InChI is InChI=1S/C15H26O2/c1-11(5-6-13-14(2,3)17-13)12-7-9-15(4,16)10-8-12/h7,9,11-13,16H,5-6,8,10H2,1-4H3/t11-,12-,13-,15+/m1/s1. The predicted molar refractivity (Wildman–Crippen MR) is 69.8 cm³/mol. The van der Waals surface area contributed by atoms with Gasteiger partial charge in [-0.3, -0.25) is 0 Å². The van der Waals surface area contributed by atoms with Crippen LogP contribution in [0.15, 0.2) is 12.2 Å². The first kappa shape index (κ1) is 13.1. The largest absolute Gasteiger partial charge is 0.386 e. The monoisotopic (exact) mass is 238 g/mol. The summed E-state index contributed by atoms with van der Waals surface area (Å²) in [4.78, 5) is 0. The van der Waals surface area contributed by atoms with E-state index in [1.807, 2.05) is 13.0 Å². The van der Waals surface area contributed by atoms with Gasteiger partial charge in [0.1, 0.15) is 0 Å². The van der Waals surface area contributed by atoms with E-state index in [0.29, 0.717) is 17.9 Å². The summed E-state index contributed by atoms with van der Waals surface area (Å²) in [6, 6.07) is 0.